The van der Waals surface area contributed by atoms with Gasteiger partial charge in [0, 0.05) is 17.6 Å². The Hall–Kier alpha value is -0.450. The molecule has 1 aliphatic heterocycles. The van der Waals surface area contributed by atoms with Gasteiger partial charge >= 0.3 is 0 Å². The molecule has 3 nitrogen and oxygen atoms in total. The maximum atomic E-state index is 4.41. The molecule has 2 rings (SSSR count). The third-order valence-corrected chi connectivity index (χ3v) is 4.45. The highest BCUT2D eigenvalue weighted by atomic mass is 32.1. The van der Waals surface area contributed by atoms with Crippen molar-refractivity contribution in [1.82, 2.24) is 15.6 Å². The second-order valence-corrected chi connectivity index (χ2v) is 5.80. The van der Waals surface area contributed by atoms with Gasteiger partial charge in [-0.15, -0.1) is 11.3 Å². The molecule has 1 aromatic heterocycles. The summed E-state index contributed by atoms with van der Waals surface area (Å²) >= 11 is 1.83. The Kier molecular flexibility index (Phi) is 4.32. The summed E-state index contributed by atoms with van der Waals surface area (Å²) in [7, 11) is 0. The standard InChI is InChI=1S/C12H21N3S/c1-3-11-7-15-12(16-11)8-13-4-9(2)10-5-14-6-10/h7,9-10,13-14H,3-6,8H2,1-2H3. The predicted octanol–water partition coefficient (Wildman–Crippen LogP) is 1.65. The fourth-order valence-corrected chi connectivity index (χ4v) is 2.71. The number of aromatic nitrogens is 1. The van der Waals surface area contributed by atoms with Crippen LogP contribution in [0.1, 0.15) is 23.7 Å². The van der Waals surface area contributed by atoms with E-state index in [-0.39, 0.29) is 0 Å². The van der Waals surface area contributed by atoms with Crippen molar-refractivity contribution in [2.45, 2.75) is 26.8 Å². The lowest BCUT2D eigenvalue weighted by Crippen LogP contribution is -2.47. The number of aryl methyl sites for hydroxylation is 1. The van der Waals surface area contributed by atoms with Crippen LogP contribution in [0.4, 0.5) is 0 Å². The van der Waals surface area contributed by atoms with Gasteiger partial charge in [0.15, 0.2) is 0 Å². The molecule has 16 heavy (non-hydrogen) atoms. The van der Waals surface area contributed by atoms with Crippen molar-refractivity contribution in [3.05, 3.63) is 16.1 Å². The Morgan fingerprint density at radius 1 is 1.62 bits per heavy atom. The Labute approximate surface area is 102 Å². The van der Waals surface area contributed by atoms with Crippen LogP contribution in [0.2, 0.25) is 0 Å². The summed E-state index contributed by atoms with van der Waals surface area (Å²) in [5.74, 6) is 1.64. The molecule has 0 spiro atoms. The maximum Gasteiger partial charge on any atom is 0.107 e. The first-order valence-electron chi connectivity index (χ1n) is 6.14. The molecule has 1 aromatic rings. The molecule has 0 radical (unpaired) electrons. The second-order valence-electron chi connectivity index (χ2n) is 4.60. The molecule has 0 aliphatic carbocycles. The minimum Gasteiger partial charge on any atom is -0.316 e. The molecule has 0 aromatic carbocycles. The van der Waals surface area contributed by atoms with E-state index in [2.05, 4.69) is 29.5 Å². The zero-order valence-corrected chi connectivity index (χ0v) is 10.9. The third kappa shape index (κ3) is 3.03. The van der Waals surface area contributed by atoms with Crippen LogP contribution in [-0.4, -0.2) is 24.6 Å². The number of hydrogen-bond acceptors (Lipinski definition) is 4. The molecule has 0 bridgehead atoms. The van der Waals surface area contributed by atoms with Crippen molar-refractivity contribution in [1.29, 1.82) is 0 Å². The van der Waals surface area contributed by atoms with E-state index in [9.17, 15) is 0 Å². The van der Waals surface area contributed by atoms with E-state index in [1.165, 1.54) is 23.0 Å². The molecule has 1 atom stereocenters. The number of nitrogens with zero attached hydrogens (tertiary/aromatic N) is 1. The largest absolute Gasteiger partial charge is 0.316 e. The topological polar surface area (TPSA) is 37.0 Å². The first-order valence-corrected chi connectivity index (χ1v) is 6.96. The van der Waals surface area contributed by atoms with Gasteiger partial charge in [0.2, 0.25) is 0 Å². The minimum atomic E-state index is 0.770. The van der Waals surface area contributed by atoms with Crippen molar-refractivity contribution in [3.8, 4) is 0 Å². The van der Waals surface area contributed by atoms with Crippen LogP contribution in [0.15, 0.2) is 6.20 Å². The summed E-state index contributed by atoms with van der Waals surface area (Å²) in [6.45, 7) is 8.93. The highest BCUT2D eigenvalue weighted by Gasteiger charge is 2.22. The van der Waals surface area contributed by atoms with Gasteiger partial charge in [0.05, 0.1) is 0 Å². The fraction of sp³-hybridized carbons (Fsp3) is 0.750. The van der Waals surface area contributed by atoms with Gasteiger partial charge in [-0.3, -0.25) is 0 Å². The number of thiazole rings is 1. The number of rotatable bonds is 6. The van der Waals surface area contributed by atoms with Crippen LogP contribution in [0.25, 0.3) is 0 Å². The average Bonchev–Trinajstić information content (AvgIpc) is 2.63. The molecule has 1 fully saturated rings. The Balaban J connectivity index is 1.66. The van der Waals surface area contributed by atoms with Gasteiger partial charge < -0.3 is 10.6 Å². The van der Waals surface area contributed by atoms with Gasteiger partial charge in [-0.2, -0.15) is 0 Å². The van der Waals surface area contributed by atoms with Crippen molar-refractivity contribution in [3.63, 3.8) is 0 Å². The summed E-state index contributed by atoms with van der Waals surface area (Å²) in [6, 6.07) is 0. The molecule has 1 aliphatic rings. The van der Waals surface area contributed by atoms with Crippen molar-refractivity contribution < 1.29 is 0 Å². The summed E-state index contributed by atoms with van der Waals surface area (Å²) in [5, 5.41) is 8.05. The van der Waals surface area contributed by atoms with Crippen LogP contribution in [0.5, 0.6) is 0 Å². The number of hydrogen-bond donors (Lipinski definition) is 2. The van der Waals surface area contributed by atoms with Gasteiger partial charge in [-0.05, 0) is 37.9 Å². The lowest BCUT2D eigenvalue weighted by molar-refractivity contribution is 0.242. The zero-order chi connectivity index (χ0) is 11.4. The monoisotopic (exact) mass is 239 g/mol. The summed E-state index contributed by atoms with van der Waals surface area (Å²) in [6.07, 6.45) is 3.10. The Morgan fingerprint density at radius 3 is 3.00 bits per heavy atom. The molecule has 2 N–H and O–H groups in total. The Bertz CT molecular complexity index is 320. The SMILES string of the molecule is CCc1cnc(CNCC(C)C2CNC2)s1. The van der Waals surface area contributed by atoms with Crippen LogP contribution in [-0.2, 0) is 13.0 Å². The fourth-order valence-electron chi connectivity index (χ4n) is 1.88. The first-order chi connectivity index (χ1) is 7.79. The molecular formula is C12H21N3S. The summed E-state index contributed by atoms with van der Waals surface area (Å²) < 4.78 is 0. The molecule has 0 saturated carbocycles. The highest BCUT2D eigenvalue weighted by molar-refractivity contribution is 7.11. The van der Waals surface area contributed by atoms with E-state index in [0.717, 1.165) is 31.3 Å². The van der Waals surface area contributed by atoms with Crippen molar-refractivity contribution >= 4 is 11.3 Å². The van der Waals surface area contributed by atoms with E-state index in [1.807, 2.05) is 17.5 Å². The molecule has 4 heteroatoms. The summed E-state index contributed by atoms with van der Waals surface area (Å²) in [5.41, 5.74) is 0. The van der Waals surface area contributed by atoms with Crippen LogP contribution >= 0.6 is 11.3 Å². The third-order valence-electron chi connectivity index (χ3n) is 3.31. The van der Waals surface area contributed by atoms with Gasteiger partial charge in [0.25, 0.3) is 0 Å². The normalized spacial score (nSPS) is 18.4. The number of nitrogens with one attached hydrogen (secondary N) is 2. The van der Waals surface area contributed by atoms with Gasteiger partial charge in [-0.25, -0.2) is 4.98 Å². The zero-order valence-electron chi connectivity index (χ0n) is 10.1. The van der Waals surface area contributed by atoms with Gasteiger partial charge in [-0.1, -0.05) is 13.8 Å². The smallest absolute Gasteiger partial charge is 0.107 e. The molecular weight excluding hydrogens is 218 g/mol. The second kappa shape index (κ2) is 5.75. The van der Waals surface area contributed by atoms with Gasteiger partial charge in [0.1, 0.15) is 5.01 Å². The molecule has 1 saturated heterocycles. The van der Waals surface area contributed by atoms with E-state index in [0.29, 0.717) is 0 Å². The van der Waals surface area contributed by atoms with E-state index in [1.54, 1.807) is 0 Å². The van der Waals surface area contributed by atoms with E-state index >= 15 is 0 Å². The van der Waals surface area contributed by atoms with Crippen molar-refractivity contribution in [2.24, 2.45) is 11.8 Å². The lowest BCUT2D eigenvalue weighted by atomic mass is 9.89. The Morgan fingerprint density at radius 2 is 2.44 bits per heavy atom. The van der Waals surface area contributed by atoms with Crippen LogP contribution < -0.4 is 10.6 Å². The minimum absolute atomic E-state index is 0.770. The first kappa shape index (κ1) is 12.0. The van der Waals surface area contributed by atoms with Crippen LogP contribution in [0.3, 0.4) is 0 Å². The summed E-state index contributed by atoms with van der Waals surface area (Å²) in [4.78, 5) is 5.79. The lowest BCUT2D eigenvalue weighted by Gasteiger charge is -2.32. The molecule has 0 amide bonds. The molecule has 1 unspecified atom stereocenters. The van der Waals surface area contributed by atoms with Crippen molar-refractivity contribution in [2.75, 3.05) is 19.6 Å². The maximum absolute atomic E-state index is 4.41. The van der Waals surface area contributed by atoms with Crippen LogP contribution in [0, 0.1) is 11.8 Å². The van der Waals surface area contributed by atoms with E-state index in [4.69, 9.17) is 0 Å². The quantitative estimate of drug-likeness (QED) is 0.792. The average molecular weight is 239 g/mol. The molecule has 2 heterocycles. The molecule has 90 valence electrons. The highest BCUT2D eigenvalue weighted by Crippen LogP contribution is 2.16. The van der Waals surface area contributed by atoms with E-state index < -0.39 is 0 Å². The predicted molar refractivity (Wildman–Crippen MR) is 68.7 cm³/mol.